The highest BCUT2D eigenvalue weighted by Gasteiger charge is 2.51. The van der Waals surface area contributed by atoms with Crippen LogP contribution in [0.5, 0.6) is 23.0 Å². The molecule has 2 aliphatic heterocycles. The summed E-state index contributed by atoms with van der Waals surface area (Å²) in [6.45, 7) is 0.791. The fourth-order valence-electron chi connectivity index (χ4n) is 3.60. The molecule has 0 radical (unpaired) electrons. The van der Waals surface area contributed by atoms with Crippen LogP contribution >= 0.6 is 0 Å². The van der Waals surface area contributed by atoms with E-state index in [1.54, 1.807) is 28.4 Å². The average molecular weight is 344 g/mol. The first-order valence-corrected chi connectivity index (χ1v) is 7.95. The Morgan fingerprint density at radius 3 is 2.08 bits per heavy atom. The molecule has 2 aliphatic rings. The summed E-state index contributed by atoms with van der Waals surface area (Å²) >= 11 is 0. The molecule has 25 heavy (non-hydrogen) atoms. The summed E-state index contributed by atoms with van der Waals surface area (Å²) < 4.78 is 34.3. The Hall–Kier alpha value is -2.44. The van der Waals surface area contributed by atoms with Gasteiger partial charge in [0.2, 0.25) is 5.79 Å². The van der Waals surface area contributed by atoms with Crippen molar-refractivity contribution in [3.05, 3.63) is 46.5 Å². The zero-order valence-electron chi connectivity index (χ0n) is 14.7. The van der Waals surface area contributed by atoms with Gasteiger partial charge in [0.05, 0.1) is 47.2 Å². The maximum Gasteiger partial charge on any atom is 0.227 e. The van der Waals surface area contributed by atoms with Gasteiger partial charge in [-0.05, 0) is 17.7 Å². The van der Waals surface area contributed by atoms with Crippen molar-refractivity contribution in [1.29, 1.82) is 0 Å². The molecule has 0 saturated carbocycles. The van der Waals surface area contributed by atoms with Gasteiger partial charge in [0.1, 0.15) is 23.0 Å². The monoisotopic (exact) mass is 344 g/mol. The molecule has 132 valence electrons. The first-order chi connectivity index (χ1) is 12.2. The van der Waals surface area contributed by atoms with Crippen LogP contribution in [0.4, 0.5) is 0 Å². The molecule has 1 atom stereocenters. The Morgan fingerprint density at radius 2 is 1.40 bits per heavy atom. The van der Waals surface area contributed by atoms with E-state index >= 15 is 0 Å². The lowest BCUT2D eigenvalue weighted by Gasteiger charge is -2.26. The molecule has 1 unspecified atom stereocenters. The van der Waals surface area contributed by atoms with E-state index in [9.17, 15) is 0 Å². The van der Waals surface area contributed by atoms with Crippen LogP contribution in [0.3, 0.4) is 0 Å². The molecular weight excluding hydrogens is 324 g/mol. The van der Waals surface area contributed by atoms with Gasteiger partial charge in [-0.3, -0.25) is 0 Å². The third-order valence-electron chi connectivity index (χ3n) is 4.79. The predicted octanol–water partition coefficient (Wildman–Crippen LogP) is 2.98. The lowest BCUT2D eigenvalue weighted by atomic mass is 9.92. The molecule has 0 N–H and O–H groups in total. The molecule has 0 aliphatic carbocycles. The Bertz CT molecular complexity index is 831. The van der Waals surface area contributed by atoms with Gasteiger partial charge in [-0.1, -0.05) is 0 Å². The molecule has 0 amide bonds. The van der Waals surface area contributed by atoms with Crippen molar-refractivity contribution in [3.63, 3.8) is 0 Å². The van der Waals surface area contributed by atoms with Gasteiger partial charge in [0, 0.05) is 23.3 Å². The fraction of sp³-hybridized carbons (Fsp3) is 0.368. The van der Waals surface area contributed by atoms with Gasteiger partial charge in [-0.2, -0.15) is 0 Å². The molecule has 6 heteroatoms. The largest absolute Gasteiger partial charge is 0.497 e. The Balaban J connectivity index is 1.95. The second kappa shape index (κ2) is 5.82. The summed E-state index contributed by atoms with van der Waals surface area (Å²) in [5, 5.41) is 0. The molecule has 0 fully saturated rings. The average Bonchev–Trinajstić information content (AvgIpc) is 3.22. The van der Waals surface area contributed by atoms with E-state index in [4.69, 9.17) is 28.4 Å². The van der Waals surface area contributed by atoms with Crippen LogP contribution in [0.1, 0.15) is 22.3 Å². The number of hydrogen-bond acceptors (Lipinski definition) is 6. The number of benzene rings is 2. The van der Waals surface area contributed by atoms with Crippen molar-refractivity contribution in [3.8, 4) is 23.0 Å². The van der Waals surface area contributed by atoms with Gasteiger partial charge < -0.3 is 28.4 Å². The third-order valence-corrected chi connectivity index (χ3v) is 4.79. The van der Waals surface area contributed by atoms with E-state index in [0.29, 0.717) is 24.7 Å². The van der Waals surface area contributed by atoms with Gasteiger partial charge in [0.25, 0.3) is 0 Å². The molecular formula is C19H20O6. The zero-order chi connectivity index (χ0) is 17.6. The zero-order valence-corrected chi connectivity index (χ0v) is 14.7. The third kappa shape index (κ3) is 2.18. The molecule has 2 aromatic rings. The van der Waals surface area contributed by atoms with E-state index in [1.807, 2.05) is 24.3 Å². The summed E-state index contributed by atoms with van der Waals surface area (Å²) in [5.41, 5.74) is 3.68. The van der Waals surface area contributed by atoms with Gasteiger partial charge in [-0.15, -0.1) is 0 Å². The minimum absolute atomic E-state index is 0.386. The molecule has 0 aromatic heterocycles. The van der Waals surface area contributed by atoms with Crippen molar-refractivity contribution in [2.45, 2.75) is 19.0 Å². The first-order valence-electron chi connectivity index (χ1n) is 7.95. The van der Waals surface area contributed by atoms with Crippen LogP contribution in [0.2, 0.25) is 0 Å². The SMILES string of the molecule is COc1cc2c(c(OC)c1)C1(OC2)OCc2c(OC)cc(OC)cc21. The first kappa shape index (κ1) is 16.1. The lowest BCUT2D eigenvalue weighted by Crippen LogP contribution is -2.26. The van der Waals surface area contributed by atoms with Gasteiger partial charge in [-0.25, -0.2) is 0 Å². The second-order valence-electron chi connectivity index (χ2n) is 5.91. The van der Waals surface area contributed by atoms with E-state index in [0.717, 1.165) is 33.8 Å². The normalized spacial score (nSPS) is 20.3. The molecule has 6 nitrogen and oxygen atoms in total. The van der Waals surface area contributed by atoms with Crippen LogP contribution in [0, 0.1) is 0 Å². The molecule has 4 rings (SSSR count). The summed E-state index contributed by atoms with van der Waals surface area (Å²) in [6, 6.07) is 7.57. The van der Waals surface area contributed by atoms with Crippen molar-refractivity contribution >= 4 is 0 Å². The Kier molecular flexibility index (Phi) is 3.74. The summed E-state index contributed by atoms with van der Waals surface area (Å²) in [5.74, 6) is 1.77. The highest BCUT2D eigenvalue weighted by Crippen LogP contribution is 2.55. The van der Waals surface area contributed by atoms with Crippen molar-refractivity contribution < 1.29 is 28.4 Å². The van der Waals surface area contributed by atoms with Crippen molar-refractivity contribution in [2.75, 3.05) is 28.4 Å². The highest BCUT2D eigenvalue weighted by molar-refractivity contribution is 5.59. The minimum Gasteiger partial charge on any atom is -0.497 e. The summed E-state index contributed by atoms with van der Waals surface area (Å²) in [4.78, 5) is 0. The standard InChI is InChI=1S/C19H20O6/c1-20-12-5-11-9-24-19(18(11)17(8-12)23-4)15-6-13(21-2)7-16(22-3)14(15)10-25-19/h5-8H,9-10H2,1-4H3. The number of methoxy groups -OCH3 is 4. The molecule has 2 heterocycles. The smallest absolute Gasteiger partial charge is 0.227 e. The molecule has 0 saturated heterocycles. The summed E-state index contributed by atoms with van der Waals surface area (Å²) in [7, 11) is 6.51. The molecule has 1 spiro atoms. The van der Waals surface area contributed by atoms with E-state index in [-0.39, 0.29) is 0 Å². The van der Waals surface area contributed by atoms with Crippen molar-refractivity contribution in [2.24, 2.45) is 0 Å². The topological polar surface area (TPSA) is 55.4 Å². The number of fused-ring (bicyclic) bond motifs is 4. The van der Waals surface area contributed by atoms with E-state index in [1.165, 1.54) is 0 Å². The lowest BCUT2D eigenvalue weighted by molar-refractivity contribution is -0.201. The van der Waals surface area contributed by atoms with Crippen LogP contribution in [-0.2, 0) is 28.5 Å². The number of ether oxygens (including phenoxy) is 6. The van der Waals surface area contributed by atoms with Crippen LogP contribution < -0.4 is 18.9 Å². The van der Waals surface area contributed by atoms with Crippen LogP contribution in [0.25, 0.3) is 0 Å². The second-order valence-corrected chi connectivity index (χ2v) is 5.91. The van der Waals surface area contributed by atoms with Crippen LogP contribution in [-0.4, -0.2) is 28.4 Å². The quantitative estimate of drug-likeness (QED) is 0.850. The van der Waals surface area contributed by atoms with E-state index < -0.39 is 5.79 Å². The highest BCUT2D eigenvalue weighted by atomic mass is 16.7. The number of hydrogen-bond donors (Lipinski definition) is 0. The fourth-order valence-corrected chi connectivity index (χ4v) is 3.60. The van der Waals surface area contributed by atoms with E-state index in [2.05, 4.69) is 0 Å². The van der Waals surface area contributed by atoms with Crippen LogP contribution in [0.15, 0.2) is 24.3 Å². The van der Waals surface area contributed by atoms with Crippen molar-refractivity contribution in [1.82, 2.24) is 0 Å². The minimum atomic E-state index is -1.02. The Morgan fingerprint density at radius 1 is 0.760 bits per heavy atom. The summed E-state index contributed by atoms with van der Waals surface area (Å²) in [6.07, 6.45) is 0. The predicted molar refractivity (Wildman–Crippen MR) is 89.5 cm³/mol. The molecule has 2 aromatic carbocycles. The number of rotatable bonds is 4. The van der Waals surface area contributed by atoms with Gasteiger partial charge >= 0.3 is 0 Å². The maximum absolute atomic E-state index is 6.18. The van der Waals surface area contributed by atoms with Gasteiger partial charge in [0.15, 0.2) is 0 Å². The molecule has 0 bridgehead atoms. The maximum atomic E-state index is 6.18. The Labute approximate surface area is 146 Å².